The van der Waals surface area contributed by atoms with Gasteiger partial charge in [0, 0.05) is 13.2 Å². The molecule has 2 heteroatoms. The van der Waals surface area contributed by atoms with Gasteiger partial charge in [-0.2, -0.15) is 0 Å². The lowest BCUT2D eigenvalue weighted by Crippen LogP contribution is -2.43. The first-order chi connectivity index (χ1) is 8.76. The summed E-state index contributed by atoms with van der Waals surface area (Å²) in [5, 5.41) is 11.1. The van der Waals surface area contributed by atoms with Gasteiger partial charge in [-0.05, 0) is 74.5 Å². The lowest BCUT2D eigenvalue weighted by molar-refractivity contribution is -0.0733. The quantitative estimate of drug-likeness (QED) is 0.816. The minimum Gasteiger partial charge on any atom is -0.390 e. The SMILES string of the molecule is OC1(CC2CCOCC2)CC2CC1C1CCCC21. The number of ether oxygens (including phenoxy) is 1. The Morgan fingerprint density at radius 1 is 1.06 bits per heavy atom. The smallest absolute Gasteiger partial charge is 0.0684 e. The molecule has 102 valence electrons. The van der Waals surface area contributed by atoms with Gasteiger partial charge < -0.3 is 9.84 Å². The van der Waals surface area contributed by atoms with Gasteiger partial charge in [-0.25, -0.2) is 0 Å². The molecule has 0 amide bonds. The summed E-state index contributed by atoms with van der Waals surface area (Å²) in [7, 11) is 0. The Morgan fingerprint density at radius 3 is 2.67 bits per heavy atom. The maximum atomic E-state index is 11.1. The number of aliphatic hydroxyl groups is 1. The molecule has 18 heavy (non-hydrogen) atoms. The van der Waals surface area contributed by atoms with Crippen molar-refractivity contribution in [3.8, 4) is 0 Å². The third kappa shape index (κ3) is 1.68. The minimum atomic E-state index is -0.293. The van der Waals surface area contributed by atoms with Crippen molar-refractivity contribution in [1.29, 1.82) is 0 Å². The fourth-order valence-electron chi connectivity index (χ4n) is 5.92. The molecule has 0 aromatic carbocycles. The summed E-state index contributed by atoms with van der Waals surface area (Å²) >= 11 is 0. The highest BCUT2D eigenvalue weighted by Gasteiger charge is 2.60. The van der Waals surface area contributed by atoms with E-state index in [0.717, 1.165) is 49.7 Å². The van der Waals surface area contributed by atoms with Gasteiger partial charge in [0.15, 0.2) is 0 Å². The zero-order valence-electron chi connectivity index (χ0n) is 11.3. The van der Waals surface area contributed by atoms with Crippen molar-refractivity contribution in [1.82, 2.24) is 0 Å². The molecule has 4 rings (SSSR count). The Hall–Kier alpha value is -0.0800. The molecule has 1 aliphatic heterocycles. The summed E-state index contributed by atoms with van der Waals surface area (Å²) in [6, 6.07) is 0. The zero-order chi connectivity index (χ0) is 12.2. The molecular formula is C16H26O2. The van der Waals surface area contributed by atoms with Gasteiger partial charge in [0.1, 0.15) is 0 Å². The molecule has 4 fully saturated rings. The van der Waals surface area contributed by atoms with Gasteiger partial charge in [-0.15, -0.1) is 0 Å². The highest BCUT2D eigenvalue weighted by Crippen LogP contribution is 2.63. The number of fused-ring (bicyclic) bond motifs is 5. The molecule has 1 N–H and O–H groups in total. The van der Waals surface area contributed by atoms with Gasteiger partial charge >= 0.3 is 0 Å². The summed E-state index contributed by atoms with van der Waals surface area (Å²) in [6.07, 6.45) is 10.2. The van der Waals surface area contributed by atoms with Crippen LogP contribution < -0.4 is 0 Å². The Bertz CT molecular complexity index is 323. The first kappa shape index (κ1) is 11.7. The topological polar surface area (TPSA) is 29.5 Å². The van der Waals surface area contributed by atoms with E-state index in [1.54, 1.807) is 0 Å². The molecule has 5 unspecified atom stereocenters. The predicted molar refractivity (Wildman–Crippen MR) is 70.2 cm³/mol. The van der Waals surface area contributed by atoms with Crippen LogP contribution >= 0.6 is 0 Å². The van der Waals surface area contributed by atoms with Crippen LogP contribution in [-0.4, -0.2) is 23.9 Å². The second kappa shape index (κ2) is 4.21. The molecule has 0 radical (unpaired) electrons. The molecule has 3 saturated carbocycles. The molecule has 3 aliphatic carbocycles. The Morgan fingerprint density at radius 2 is 1.83 bits per heavy atom. The van der Waals surface area contributed by atoms with Crippen LogP contribution in [0.1, 0.15) is 51.4 Å². The largest absolute Gasteiger partial charge is 0.390 e. The molecule has 2 nitrogen and oxygen atoms in total. The second-order valence-electron chi connectivity index (χ2n) is 7.43. The van der Waals surface area contributed by atoms with E-state index in [1.165, 1.54) is 38.5 Å². The van der Waals surface area contributed by atoms with Crippen LogP contribution in [0.3, 0.4) is 0 Å². The minimum absolute atomic E-state index is 0.293. The van der Waals surface area contributed by atoms with Gasteiger partial charge in [-0.3, -0.25) is 0 Å². The van der Waals surface area contributed by atoms with E-state index in [2.05, 4.69) is 0 Å². The fourth-order valence-corrected chi connectivity index (χ4v) is 5.92. The first-order valence-electron chi connectivity index (χ1n) is 8.06. The van der Waals surface area contributed by atoms with Crippen LogP contribution in [0.4, 0.5) is 0 Å². The van der Waals surface area contributed by atoms with Crippen LogP contribution in [0.15, 0.2) is 0 Å². The molecule has 4 aliphatic rings. The molecule has 5 atom stereocenters. The molecular weight excluding hydrogens is 224 g/mol. The van der Waals surface area contributed by atoms with E-state index in [4.69, 9.17) is 4.74 Å². The summed E-state index contributed by atoms with van der Waals surface area (Å²) in [6.45, 7) is 1.84. The van der Waals surface area contributed by atoms with Crippen molar-refractivity contribution in [3.63, 3.8) is 0 Å². The lowest BCUT2D eigenvalue weighted by Gasteiger charge is -2.41. The third-order valence-electron chi connectivity index (χ3n) is 6.59. The molecule has 1 heterocycles. The van der Waals surface area contributed by atoms with Crippen molar-refractivity contribution >= 4 is 0 Å². The van der Waals surface area contributed by atoms with E-state index in [1.807, 2.05) is 0 Å². The maximum Gasteiger partial charge on any atom is 0.0684 e. The van der Waals surface area contributed by atoms with E-state index in [0.29, 0.717) is 5.92 Å². The summed E-state index contributed by atoms with van der Waals surface area (Å²) in [4.78, 5) is 0. The first-order valence-corrected chi connectivity index (χ1v) is 8.06. The van der Waals surface area contributed by atoms with Crippen LogP contribution in [0.25, 0.3) is 0 Å². The fraction of sp³-hybridized carbons (Fsp3) is 1.00. The van der Waals surface area contributed by atoms with Crippen molar-refractivity contribution in [2.24, 2.45) is 29.6 Å². The lowest BCUT2D eigenvalue weighted by atomic mass is 9.69. The summed E-state index contributed by atoms with van der Waals surface area (Å²) in [5.41, 5.74) is -0.293. The highest BCUT2D eigenvalue weighted by molar-refractivity contribution is 5.10. The average molecular weight is 250 g/mol. The number of rotatable bonds is 2. The van der Waals surface area contributed by atoms with E-state index in [-0.39, 0.29) is 5.60 Å². The molecule has 1 saturated heterocycles. The van der Waals surface area contributed by atoms with Gasteiger partial charge in [-0.1, -0.05) is 6.42 Å². The molecule has 2 bridgehead atoms. The van der Waals surface area contributed by atoms with Crippen LogP contribution in [0.2, 0.25) is 0 Å². The van der Waals surface area contributed by atoms with E-state index < -0.39 is 0 Å². The predicted octanol–water partition coefficient (Wildman–Crippen LogP) is 2.99. The van der Waals surface area contributed by atoms with Crippen molar-refractivity contribution in [2.75, 3.05) is 13.2 Å². The van der Waals surface area contributed by atoms with E-state index >= 15 is 0 Å². The van der Waals surface area contributed by atoms with Crippen molar-refractivity contribution in [2.45, 2.75) is 57.0 Å². The van der Waals surface area contributed by atoms with Crippen LogP contribution in [0.5, 0.6) is 0 Å². The zero-order valence-corrected chi connectivity index (χ0v) is 11.3. The standard InChI is InChI=1S/C16H26O2/c17-16(9-11-4-6-18-7-5-11)10-12-8-15(16)14-3-1-2-13(12)14/h11-15,17H,1-10H2. The molecule has 0 aromatic rings. The summed E-state index contributed by atoms with van der Waals surface area (Å²) in [5.74, 6) is 4.12. The second-order valence-corrected chi connectivity index (χ2v) is 7.43. The van der Waals surface area contributed by atoms with Crippen molar-refractivity contribution < 1.29 is 9.84 Å². The van der Waals surface area contributed by atoms with Crippen molar-refractivity contribution in [3.05, 3.63) is 0 Å². The molecule has 0 aromatic heterocycles. The third-order valence-corrected chi connectivity index (χ3v) is 6.59. The summed E-state index contributed by atoms with van der Waals surface area (Å²) < 4.78 is 5.45. The maximum absolute atomic E-state index is 11.1. The highest BCUT2D eigenvalue weighted by atomic mass is 16.5. The van der Waals surface area contributed by atoms with Gasteiger partial charge in [0.2, 0.25) is 0 Å². The van der Waals surface area contributed by atoms with Crippen LogP contribution in [0, 0.1) is 29.6 Å². The number of hydrogen-bond acceptors (Lipinski definition) is 2. The monoisotopic (exact) mass is 250 g/mol. The molecule has 0 spiro atoms. The number of hydrogen-bond donors (Lipinski definition) is 1. The van der Waals surface area contributed by atoms with Gasteiger partial charge in [0.25, 0.3) is 0 Å². The Balaban J connectivity index is 1.47. The Kier molecular flexibility index (Phi) is 2.74. The average Bonchev–Trinajstić information content (AvgIpc) is 3.00. The normalized spacial score (nSPS) is 51.8. The Labute approximate surface area is 110 Å². The van der Waals surface area contributed by atoms with E-state index in [9.17, 15) is 5.11 Å². The van der Waals surface area contributed by atoms with Gasteiger partial charge in [0.05, 0.1) is 5.60 Å². The van der Waals surface area contributed by atoms with Crippen LogP contribution in [-0.2, 0) is 4.74 Å².